The van der Waals surface area contributed by atoms with Gasteiger partial charge in [-0.1, -0.05) is 23.2 Å². The predicted molar refractivity (Wildman–Crippen MR) is 71.6 cm³/mol. The molecule has 0 aromatic heterocycles. The fourth-order valence-electron chi connectivity index (χ4n) is 2.26. The van der Waals surface area contributed by atoms with Crippen LogP contribution in [0.2, 0.25) is 10.0 Å². The molecule has 0 amide bonds. The van der Waals surface area contributed by atoms with E-state index in [9.17, 15) is 0 Å². The summed E-state index contributed by atoms with van der Waals surface area (Å²) >= 11 is 14.1. The molecule has 1 aromatic carbocycles. The topological polar surface area (TPSA) is 6.48 Å². The molecule has 3 rings (SSSR count). The van der Waals surface area contributed by atoms with Crippen LogP contribution in [0, 0.1) is 0 Å². The quantitative estimate of drug-likeness (QED) is 0.777. The highest BCUT2D eigenvalue weighted by atomic mass is 35.5. The molecule has 16 heavy (non-hydrogen) atoms. The summed E-state index contributed by atoms with van der Waals surface area (Å²) in [6.07, 6.45) is 0. The number of halogens is 2. The molecule has 2 saturated heterocycles. The maximum absolute atomic E-state index is 6.02. The lowest BCUT2D eigenvalue weighted by molar-refractivity contribution is 0.360. The SMILES string of the molecule is Clc1cc(Cl)cc(N2CC3SCCN3C2)c1. The van der Waals surface area contributed by atoms with Crippen LogP contribution in [0.1, 0.15) is 0 Å². The number of benzene rings is 1. The Morgan fingerprint density at radius 2 is 1.94 bits per heavy atom. The number of anilines is 1. The highest BCUT2D eigenvalue weighted by Crippen LogP contribution is 2.34. The van der Waals surface area contributed by atoms with Crippen LogP contribution in [0.4, 0.5) is 5.69 Å². The first-order chi connectivity index (χ1) is 7.72. The lowest BCUT2D eigenvalue weighted by atomic mass is 10.3. The third-order valence-corrected chi connectivity index (χ3v) is 4.72. The average molecular weight is 275 g/mol. The van der Waals surface area contributed by atoms with Crippen molar-refractivity contribution in [3.8, 4) is 0 Å². The minimum absolute atomic E-state index is 0.651. The molecule has 0 saturated carbocycles. The van der Waals surface area contributed by atoms with Gasteiger partial charge in [-0.2, -0.15) is 0 Å². The molecule has 0 N–H and O–H groups in total. The molecular formula is C11H12Cl2N2S. The van der Waals surface area contributed by atoms with Crippen LogP contribution >= 0.6 is 35.0 Å². The van der Waals surface area contributed by atoms with Crippen molar-refractivity contribution in [2.45, 2.75) is 5.37 Å². The van der Waals surface area contributed by atoms with E-state index in [2.05, 4.69) is 9.80 Å². The zero-order valence-corrected chi connectivity index (χ0v) is 11.0. The summed E-state index contributed by atoms with van der Waals surface area (Å²) in [6, 6.07) is 5.75. The van der Waals surface area contributed by atoms with Crippen LogP contribution in [0.3, 0.4) is 0 Å². The molecule has 1 unspecified atom stereocenters. The van der Waals surface area contributed by atoms with E-state index in [4.69, 9.17) is 23.2 Å². The summed E-state index contributed by atoms with van der Waals surface area (Å²) in [5.74, 6) is 1.26. The van der Waals surface area contributed by atoms with Gasteiger partial charge in [0.25, 0.3) is 0 Å². The predicted octanol–water partition coefficient (Wildman–Crippen LogP) is 3.15. The Kier molecular flexibility index (Phi) is 2.96. The van der Waals surface area contributed by atoms with Crippen LogP contribution in [-0.2, 0) is 0 Å². The number of thioether (sulfide) groups is 1. The summed E-state index contributed by atoms with van der Waals surface area (Å²) < 4.78 is 0. The van der Waals surface area contributed by atoms with E-state index in [1.807, 2.05) is 23.9 Å². The van der Waals surface area contributed by atoms with Crippen molar-refractivity contribution in [2.24, 2.45) is 0 Å². The van der Waals surface area contributed by atoms with Crippen LogP contribution in [0.15, 0.2) is 18.2 Å². The largest absolute Gasteiger partial charge is 0.356 e. The van der Waals surface area contributed by atoms with E-state index in [1.54, 1.807) is 6.07 Å². The molecule has 1 aromatic rings. The molecule has 5 heteroatoms. The lowest BCUT2D eigenvalue weighted by Crippen LogP contribution is -2.25. The van der Waals surface area contributed by atoms with Gasteiger partial charge in [-0.05, 0) is 18.2 Å². The molecule has 2 aliphatic rings. The maximum Gasteiger partial charge on any atom is 0.0750 e. The molecule has 2 nitrogen and oxygen atoms in total. The van der Waals surface area contributed by atoms with Gasteiger partial charge in [-0.25, -0.2) is 0 Å². The van der Waals surface area contributed by atoms with E-state index < -0.39 is 0 Å². The number of rotatable bonds is 1. The van der Waals surface area contributed by atoms with Crippen LogP contribution < -0.4 is 4.90 Å². The molecule has 1 atom stereocenters. The molecule has 2 fully saturated rings. The molecule has 0 spiro atoms. The highest BCUT2D eigenvalue weighted by molar-refractivity contribution is 8.00. The van der Waals surface area contributed by atoms with Gasteiger partial charge >= 0.3 is 0 Å². The number of fused-ring (bicyclic) bond motifs is 1. The number of nitrogens with zero attached hydrogens (tertiary/aromatic N) is 2. The molecule has 2 heterocycles. The van der Waals surface area contributed by atoms with Gasteiger partial charge in [-0.15, -0.1) is 11.8 Å². The van der Waals surface area contributed by atoms with Crippen LogP contribution in [0.5, 0.6) is 0 Å². The summed E-state index contributed by atoms with van der Waals surface area (Å²) in [4.78, 5) is 4.84. The van der Waals surface area contributed by atoms with Crippen molar-refractivity contribution in [2.75, 3.05) is 30.4 Å². The van der Waals surface area contributed by atoms with Crippen molar-refractivity contribution in [1.82, 2.24) is 4.90 Å². The summed E-state index contributed by atoms with van der Waals surface area (Å²) in [6.45, 7) is 3.26. The fraction of sp³-hybridized carbons (Fsp3) is 0.455. The van der Waals surface area contributed by atoms with Crippen LogP contribution in [-0.4, -0.2) is 35.8 Å². The summed E-state index contributed by atoms with van der Waals surface area (Å²) in [7, 11) is 0. The van der Waals surface area contributed by atoms with Crippen LogP contribution in [0.25, 0.3) is 0 Å². The molecular weight excluding hydrogens is 263 g/mol. The van der Waals surface area contributed by atoms with E-state index in [0.29, 0.717) is 15.4 Å². The first-order valence-corrected chi connectivity index (χ1v) is 7.09. The summed E-state index contributed by atoms with van der Waals surface area (Å²) in [5, 5.41) is 2.07. The Balaban J connectivity index is 1.83. The molecule has 0 radical (unpaired) electrons. The Morgan fingerprint density at radius 3 is 2.62 bits per heavy atom. The van der Waals surface area contributed by atoms with E-state index in [0.717, 1.165) is 18.9 Å². The normalized spacial score (nSPS) is 25.1. The fourth-order valence-corrected chi connectivity index (χ4v) is 4.05. The molecule has 86 valence electrons. The Hall–Kier alpha value is -0.0900. The van der Waals surface area contributed by atoms with Gasteiger partial charge in [0.05, 0.1) is 12.0 Å². The van der Waals surface area contributed by atoms with Crippen molar-refractivity contribution < 1.29 is 0 Å². The highest BCUT2D eigenvalue weighted by Gasteiger charge is 2.34. The Labute approximate surface area is 109 Å². The van der Waals surface area contributed by atoms with Gasteiger partial charge in [-0.3, -0.25) is 4.90 Å². The first kappa shape index (κ1) is 11.0. The maximum atomic E-state index is 6.02. The molecule has 2 aliphatic heterocycles. The first-order valence-electron chi connectivity index (χ1n) is 5.29. The lowest BCUT2D eigenvalue weighted by Gasteiger charge is -2.19. The average Bonchev–Trinajstić information content (AvgIpc) is 2.74. The van der Waals surface area contributed by atoms with Crippen molar-refractivity contribution in [3.05, 3.63) is 28.2 Å². The Bertz CT molecular complexity index is 381. The van der Waals surface area contributed by atoms with Gasteiger partial charge in [0.1, 0.15) is 0 Å². The second kappa shape index (κ2) is 4.30. The Morgan fingerprint density at radius 1 is 1.19 bits per heavy atom. The van der Waals surface area contributed by atoms with E-state index in [1.165, 1.54) is 12.3 Å². The zero-order valence-electron chi connectivity index (χ0n) is 8.70. The van der Waals surface area contributed by atoms with Crippen molar-refractivity contribution in [1.29, 1.82) is 0 Å². The second-order valence-corrected chi connectivity index (χ2v) is 6.29. The third kappa shape index (κ3) is 2.02. The minimum Gasteiger partial charge on any atom is -0.356 e. The third-order valence-electron chi connectivity index (χ3n) is 3.04. The van der Waals surface area contributed by atoms with Gasteiger partial charge in [0.15, 0.2) is 0 Å². The number of hydrogen-bond donors (Lipinski definition) is 0. The zero-order chi connectivity index (χ0) is 11.1. The second-order valence-electron chi connectivity index (χ2n) is 4.13. The van der Waals surface area contributed by atoms with E-state index >= 15 is 0 Å². The summed E-state index contributed by atoms with van der Waals surface area (Å²) in [5.41, 5.74) is 1.13. The monoisotopic (exact) mass is 274 g/mol. The molecule has 0 bridgehead atoms. The van der Waals surface area contributed by atoms with E-state index in [-0.39, 0.29) is 0 Å². The minimum atomic E-state index is 0.651. The van der Waals surface area contributed by atoms with Gasteiger partial charge in [0, 0.05) is 34.6 Å². The van der Waals surface area contributed by atoms with Gasteiger partial charge in [0.2, 0.25) is 0 Å². The smallest absolute Gasteiger partial charge is 0.0750 e. The van der Waals surface area contributed by atoms with Gasteiger partial charge < -0.3 is 4.90 Å². The standard InChI is InChI=1S/C11H12Cl2N2S/c12-8-3-9(13)5-10(4-8)15-6-11-14(7-15)1-2-16-11/h3-5,11H,1-2,6-7H2. The van der Waals surface area contributed by atoms with Crippen molar-refractivity contribution in [3.63, 3.8) is 0 Å². The number of hydrogen-bond acceptors (Lipinski definition) is 3. The molecule has 0 aliphatic carbocycles. The van der Waals surface area contributed by atoms with Crippen molar-refractivity contribution >= 4 is 40.7 Å².